The Kier molecular flexibility index (Phi) is 4.07. The largest absolute Gasteiger partial charge is 0.468 e. The van der Waals surface area contributed by atoms with Crippen molar-refractivity contribution in [2.24, 2.45) is 11.3 Å². The van der Waals surface area contributed by atoms with Gasteiger partial charge in [-0.25, -0.2) is 0 Å². The van der Waals surface area contributed by atoms with Crippen LogP contribution in [-0.4, -0.2) is 18.9 Å². The van der Waals surface area contributed by atoms with E-state index in [-0.39, 0.29) is 11.7 Å². The molecule has 0 heterocycles. The molecule has 3 nitrogen and oxygen atoms in total. The molecule has 0 bridgehead atoms. The number of carbonyl (C=O) groups excluding carboxylic acids is 2. The van der Waals surface area contributed by atoms with E-state index >= 15 is 0 Å². The van der Waals surface area contributed by atoms with Gasteiger partial charge in [0.15, 0.2) is 5.78 Å². The Balaban J connectivity index is 2.21. The fourth-order valence-electron chi connectivity index (χ4n) is 3.20. The topological polar surface area (TPSA) is 43.4 Å². The second-order valence-electron chi connectivity index (χ2n) is 5.52. The van der Waals surface area contributed by atoms with Gasteiger partial charge in [-0.15, -0.1) is 0 Å². The van der Waals surface area contributed by atoms with E-state index < -0.39 is 11.4 Å². The number of Topliss-reactive ketones (excluding diaryl/α,β-unsaturated/α-hetero) is 1. The molecule has 1 aliphatic carbocycles. The van der Waals surface area contributed by atoms with Gasteiger partial charge >= 0.3 is 5.97 Å². The van der Waals surface area contributed by atoms with Crippen molar-refractivity contribution in [1.82, 2.24) is 0 Å². The van der Waals surface area contributed by atoms with Gasteiger partial charge in [-0.2, -0.15) is 0 Å². The third-order valence-corrected chi connectivity index (χ3v) is 4.24. The van der Waals surface area contributed by atoms with Crippen LogP contribution in [-0.2, 0) is 20.7 Å². The van der Waals surface area contributed by atoms with Crippen LogP contribution in [0.15, 0.2) is 42.5 Å². The third-order valence-electron chi connectivity index (χ3n) is 4.24. The molecule has 0 aromatic heterocycles. The van der Waals surface area contributed by atoms with Crippen molar-refractivity contribution in [3.63, 3.8) is 0 Å². The SMILES string of the molecule is C=C1C[C@@H](Cc2ccccc2)C[C@@]1(C(C)=O)C(=O)OC. The van der Waals surface area contributed by atoms with E-state index in [2.05, 4.69) is 18.7 Å². The standard InChI is InChI=1S/C17H20O3/c1-12-9-15(10-14-7-5-4-6-8-14)11-17(12,13(2)18)16(19)20-3/h4-8,15H,1,9-11H2,2-3H3/t15-,17+/m0/s1. The van der Waals surface area contributed by atoms with Crippen molar-refractivity contribution in [1.29, 1.82) is 0 Å². The molecule has 0 saturated heterocycles. The molecule has 2 atom stereocenters. The number of ether oxygens (including phenoxy) is 1. The van der Waals surface area contributed by atoms with Gasteiger partial charge in [0.1, 0.15) is 5.41 Å². The van der Waals surface area contributed by atoms with Crippen LogP contribution < -0.4 is 0 Å². The number of esters is 1. The zero-order valence-electron chi connectivity index (χ0n) is 12.0. The fraction of sp³-hybridized carbons (Fsp3) is 0.412. The fourth-order valence-corrected chi connectivity index (χ4v) is 3.20. The molecule has 0 N–H and O–H groups in total. The normalized spacial score (nSPS) is 25.5. The first-order valence-electron chi connectivity index (χ1n) is 6.82. The van der Waals surface area contributed by atoms with Crippen LogP contribution in [0.3, 0.4) is 0 Å². The number of ketones is 1. The molecule has 2 rings (SSSR count). The summed E-state index contributed by atoms with van der Waals surface area (Å²) in [5, 5.41) is 0. The zero-order chi connectivity index (χ0) is 14.8. The van der Waals surface area contributed by atoms with Gasteiger partial charge < -0.3 is 4.74 Å². The predicted molar refractivity (Wildman–Crippen MR) is 77.1 cm³/mol. The Morgan fingerprint density at radius 2 is 2.00 bits per heavy atom. The second kappa shape index (κ2) is 5.61. The average molecular weight is 272 g/mol. The molecular weight excluding hydrogens is 252 g/mol. The molecule has 1 fully saturated rings. The number of methoxy groups -OCH3 is 1. The highest BCUT2D eigenvalue weighted by Gasteiger charge is 2.52. The summed E-state index contributed by atoms with van der Waals surface area (Å²) in [6.45, 7) is 5.42. The molecule has 0 aliphatic heterocycles. The van der Waals surface area contributed by atoms with Crippen molar-refractivity contribution in [2.45, 2.75) is 26.2 Å². The minimum atomic E-state index is -1.13. The van der Waals surface area contributed by atoms with Gasteiger partial charge in [0.25, 0.3) is 0 Å². The summed E-state index contributed by atoms with van der Waals surface area (Å²) in [6, 6.07) is 10.1. The number of hydrogen-bond acceptors (Lipinski definition) is 3. The minimum Gasteiger partial charge on any atom is -0.468 e. The second-order valence-corrected chi connectivity index (χ2v) is 5.52. The smallest absolute Gasteiger partial charge is 0.323 e. The van der Waals surface area contributed by atoms with E-state index in [1.165, 1.54) is 19.6 Å². The van der Waals surface area contributed by atoms with Gasteiger partial charge in [-0.1, -0.05) is 42.5 Å². The summed E-state index contributed by atoms with van der Waals surface area (Å²) in [5.74, 6) is -0.372. The van der Waals surface area contributed by atoms with Gasteiger partial charge in [0.2, 0.25) is 0 Å². The molecule has 1 saturated carbocycles. The lowest BCUT2D eigenvalue weighted by Gasteiger charge is -2.24. The molecule has 0 spiro atoms. The van der Waals surface area contributed by atoms with Crippen LogP contribution in [0.4, 0.5) is 0 Å². The minimum absolute atomic E-state index is 0.162. The van der Waals surface area contributed by atoms with E-state index in [4.69, 9.17) is 4.74 Å². The number of rotatable bonds is 4. The molecule has 0 amide bonds. The molecule has 1 aliphatic rings. The van der Waals surface area contributed by atoms with Crippen LogP contribution in [0.1, 0.15) is 25.3 Å². The first-order valence-corrected chi connectivity index (χ1v) is 6.82. The average Bonchev–Trinajstić information content (AvgIpc) is 2.76. The lowest BCUT2D eigenvalue weighted by atomic mass is 9.78. The van der Waals surface area contributed by atoms with Gasteiger partial charge in [-0.3, -0.25) is 9.59 Å². The quantitative estimate of drug-likeness (QED) is 0.481. The van der Waals surface area contributed by atoms with Crippen molar-refractivity contribution in [3.8, 4) is 0 Å². The van der Waals surface area contributed by atoms with Crippen molar-refractivity contribution < 1.29 is 14.3 Å². The van der Waals surface area contributed by atoms with Crippen LogP contribution >= 0.6 is 0 Å². The molecule has 3 heteroatoms. The van der Waals surface area contributed by atoms with Crippen molar-refractivity contribution in [3.05, 3.63) is 48.0 Å². The van der Waals surface area contributed by atoms with Crippen molar-refractivity contribution in [2.75, 3.05) is 7.11 Å². The Morgan fingerprint density at radius 3 is 2.55 bits per heavy atom. The summed E-state index contributed by atoms with van der Waals surface area (Å²) >= 11 is 0. The maximum Gasteiger partial charge on any atom is 0.323 e. The maximum atomic E-state index is 12.1. The summed E-state index contributed by atoms with van der Waals surface area (Å²) in [7, 11) is 1.32. The van der Waals surface area contributed by atoms with Crippen LogP contribution in [0.2, 0.25) is 0 Å². The monoisotopic (exact) mass is 272 g/mol. The molecule has 1 aromatic carbocycles. The van der Waals surface area contributed by atoms with E-state index in [1.807, 2.05) is 18.2 Å². The van der Waals surface area contributed by atoms with E-state index in [0.29, 0.717) is 18.4 Å². The summed E-state index contributed by atoms with van der Waals surface area (Å²) in [6.07, 6.45) is 2.05. The highest BCUT2D eigenvalue weighted by Crippen LogP contribution is 2.48. The van der Waals surface area contributed by atoms with E-state index in [0.717, 1.165) is 6.42 Å². The Labute approximate surface area is 119 Å². The molecule has 20 heavy (non-hydrogen) atoms. The third kappa shape index (κ3) is 2.40. The molecule has 0 unspecified atom stereocenters. The lowest BCUT2D eigenvalue weighted by Crippen LogP contribution is -2.38. The first-order chi connectivity index (χ1) is 9.50. The summed E-state index contributed by atoms with van der Waals surface area (Å²) < 4.78 is 4.85. The molecule has 1 aromatic rings. The molecule has 0 radical (unpaired) electrons. The molecular formula is C17H20O3. The number of carbonyl (C=O) groups is 2. The van der Waals surface area contributed by atoms with Gasteiger partial charge in [0.05, 0.1) is 7.11 Å². The van der Waals surface area contributed by atoms with E-state index in [1.54, 1.807) is 0 Å². The first kappa shape index (κ1) is 14.5. The Hall–Kier alpha value is -1.90. The highest BCUT2D eigenvalue weighted by molar-refractivity contribution is 6.06. The van der Waals surface area contributed by atoms with Crippen molar-refractivity contribution >= 4 is 11.8 Å². The predicted octanol–water partition coefficient (Wildman–Crippen LogP) is 2.94. The maximum absolute atomic E-state index is 12.1. The number of benzene rings is 1. The molecule has 106 valence electrons. The van der Waals surface area contributed by atoms with Gasteiger partial charge in [-0.05, 0) is 37.7 Å². The summed E-state index contributed by atoms with van der Waals surface area (Å²) in [4.78, 5) is 24.1. The number of hydrogen-bond donors (Lipinski definition) is 0. The Morgan fingerprint density at radius 1 is 1.35 bits per heavy atom. The summed E-state index contributed by atoms with van der Waals surface area (Å²) in [5.41, 5.74) is 0.779. The van der Waals surface area contributed by atoms with Crippen LogP contribution in [0.5, 0.6) is 0 Å². The lowest BCUT2D eigenvalue weighted by molar-refractivity contribution is -0.154. The van der Waals surface area contributed by atoms with Crippen LogP contribution in [0.25, 0.3) is 0 Å². The highest BCUT2D eigenvalue weighted by atomic mass is 16.5. The van der Waals surface area contributed by atoms with Gasteiger partial charge in [0, 0.05) is 0 Å². The Bertz CT molecular complexity index is 532. The van der Waals surface area contributed by atoms with Crippen LogP contribution in [0, 0.1) is 11.3 Å². The zero-order valence-corrected chi connectivity index (χ0v) is 12.0. The van der Waals surface area contributed by atoms with E-state index in [9.17, 15) is 9.59 Å².